The highest BCUT2D eigenvalue weighted by Gasteiger charge is 2.38. The number of piperidine rings is 1. The molecule has 0 saturated carbocycles. The Kier molecular flexibility index (Phi) is 2.69. The van der Waals surface area contributed by atoms with Crippen molar-refractivity contribution in [2.24, 2.45) is 5.92 Å². The third-order valence-electron chi connectivity index (χ3n) is 4.48. The van der Waals surface area contributed by atoms with E-state index in [4.69, 9.17) is 5.26 Å². The van der Waals surface area contributed by atoms with Crippen LogP contribution in [-0.4, -0.2) is 45.9 Å². The number of nitrogens with zero attached hydrogens (tertiary/aromatic N) is 4. The number of carbonyl (C=O) groups is 1. The third kappa shape index (κ3) is 2.06. The molecule has 2 saturated heterocycles. The molecule has 3 atom stereocenters. The van der Waals surface area contributed by atoms with E-state index in [9.17, 15) is 4.79 Å². The molecule has 2 aromatic heterocycles. The van der Waals surface area contributed by atoms with Crippen LogP contribution in [0.2, 0.25) is 0 Å². The lowest BCUT2D eigenvalue weighted by atomic mass is 10.00. The Morgan fingerprint density at radius 3 is 3.00 bits per heavy atom. The van der Waals surface area contributed by atoms with Crippen LogP contribution in [0.1, 0.15) is 22.5 Å². The molecule has 4 rings (SSSR count). The Hall–Kier alpha value is -2.39. The van der Waals surface area contributed by atoms with Gasteiger partial charge in [0.2, 0.25) is 0 Å². The van der Waals surface area contributed by atoms with E-state index in [1.165, 1.54) is 6.42 Å². The van der Waals surface area contributed by atoms with E-state index >= 15 is 0 Å². The van der Waals surface area contributed by atoms with Gasteiger partial charge in [0.15, 0.2) is 5.69 Å². The number of pyridine rings is 1. The molecule has 2 aromatic rings. The average Bonchev–Trinajstić information content (AvgIpc) is 3.20. The quantitative estimate of drug-likeness (QED) is 0.876. The Bertz CT molecular complexity index is 759. The van der Waals surface area contributed by atoms with Gasteiger partial charge < -0.3 is 14.6 Å². The van der Waals surface area contributed by atoms with E-state index in [-0.39, 0.29) is 11.9 Å². The van der Waals surface area contributed by atoms with E-state index in [2.05, 4.69) is 15.2 Å². The molecule has 0 aromatic carbocycles. The summed E-state index contributed by atoms with van der Waals surface area (Å²) in [7, 11) is 0. The van der Waals surface area contributed by atoms with Gasteiger partial charge >= 0.3 is 0 Å². The smallest absolute Gasteiger partial charge is 0.253 e. The van der Waals surface area contributed by atoms with E-state index < -0.39 is 0 Å². The normalized spacial score (nSPS) is 26.9. The fourth-order valence-corrected chi connectivity index (χ4v) is 3.38. The predicted molar refractivity (Wildman–Crippen MR) is 75.7 cm³/mol. The van der Waals surface area contributed by atoms with Crippen molar-refractivity contribution in [1.29, 1.82) is 5.26 Å². The molecule has 6 heteroatoms. The summed E-state index contributed by atoms with van der Waals surface area (Å²) in [5.74, 6) is 0.541. The molecule has 4 heterocycles. The van der Waals surface area contributed by atoms with Crippen molar-refractivity contribution < 1.29 is 4.79 Å². The summed E-state index contributed by atoms with van der Waals surface area (Å²) in [5, 5.41) is 12.0. The first-order valence-electron chi connectivity index (χ1n) is 7.15. The van der Waals surface area contributed by atoms with Gasteiger partial charge in [-0.05, 0) is 31.0 Å². The molecule has 0 radical (unpaired) electrons. The number of rotatable bonds is 2. The third-order valence-corrected chi connectivity index (χ3v) is 4.48. The minimum atomic E-state index is -0.0529. The summed E-state index contributed by atoms with van der Waals surface area (Å²) in [4.78, 5) is 18.9. The first kappa shape index (κ1) is 12.4. The maximum absolute atomic E-state index is 12.4. The maximum Gasteiger partial charge on any atom is 0.253 e. The SMILES string of the molecule is N#Cc1cn2cc(C(=O)NC3CN4CC[C@H]3C4)ccc2n1. The zero-order valence-corrected chi connectivity index (χ0v) is 11.5. The summed E-state index contributed by atoms with van der Waals surface area (Å²) in [5.41, 5.74) is 1.63. The van der Waals surface area contributed by atoms with Crippen LogP contribution < -0.4 is 5.32 Å². The van der Waals surface area contributed by atoms with Crippen LogP contribution in [0.15, 0.2) is 24.5 Å². The van der Waals surface area contributed by atoms with Gasteiger partial charge in [-0.1, -0.05) is 0 Å². The van der Waals surface area contributed by atoms with E-state index in [0.717, 1.165) is 19.6 Å². The standard InChI is InChI=1S/C15H15N5O/c16-5-12-8-20-7-11(1-2-14(20)17-12)15(21)18-13-9-19-4-3-10(13)6-19/h1-2,7-8,10,13H,3-4,6,9H2,(H,18,21)/t10-,13?/m0/s1. The highest BCUT2D eigenvalue weighted by molar-refractivity contribution is 5.94. The van der Waals surface area contributed by atoms with Gasteiger partial charge in [-0.2, -0.15) is 5.26 Å². The largest absolute Gasteiger partial charge is 0.348 e. The Labute approximate surface area is 122 Å². The molecule has 1 amide bonds. The van der Waals surface area contributed by atoms with Crippen LogP contribution in [0.5, 0.6) is 0 Å². The molecule has 106 valence electrons. The zero-order chi connectivity index (χ0) is 14.4. The van der Waals surface area contributed by atoms with Crippen LogP contribution in [0.3, 0.4) is 0 Å². The minimum Gasteiger partial charge on any atom is -0.348 e. The lowest BCUT2D eigenvalue weighted by Gasteiger charge is -2.23. The van der Waals surface area contributed by atoms with Crippen molar-refractivity contribution in [3.8, 4) is 6.07 Å². The van der Waals surface area contributed by atoms with Crippen LogP contribution in [-0.2, 0) is 0 Å². The predicted octanol–water partition coefficient (Wildman–Crippen LogP) is 0.640. The van der Waals surface area contributed by atoms with Gasteiger partial charge in [0.1, 0.15) is 11.7 Å². The molecule has 1 N–H and O–H groups in total. The van der Waals surface area contributed by atoms with Crippen molar-refractivity contribution >= 4 is 11.6 Å². The van der Waals surface area contributed by atoms with Crippen LogP contribution in [0.25, 0.3) is 5.65 Å². The maximum atomic E-state index is 12.4. The van der Waals surface area contributed by atoms with Crippen molar-refractivity contribution in [3.05, 3.63) is 35.8 Å². The molecule has 0 aliphatic carbocycles. The molecule has 21 heavy (non-hydrogen) atoms. The van der Waals surface area contributed by atoms with Gasteiger partial charge in [-0.25, -0.2) is 4.98 Å². The van der Waals surface area contributed by atoms with Crippen LogP contribution in [0.4, 0.5) is 0 Å². The topological polar surface area (TPSA) is 73.4 Å². The summed E-state index contributed by atoms with van der Waals surface area (Å²) in [6, 6.07) is 5.79. The number of nitrogens with one attached hydrogen (secondary N) is 1. The number of imidazole rings is 1. The number of amides is 1. The molecule has 0 spiro atoms. The molecule has 2 fully saturated rings. The summed E-state index contributed by atoms with van der Waals surface area (Å²) >= 11 is 0. The van der Waals surface area contributed by atoms with E-state index in [1.807, 2.05) is 6.07 Å². The summed E-state index contributed by atoms with van der Waals surface area (Å²) < 4.78 is 1.72. The first-order chi connectivity index (χ1) is 10.2. The molecular formula is C15H15N5O. The number of carbonyl (C=O) groups excluding carboxylic acids is 1. The molecule has 2 aliphatic heterocycles. The zero-order valence-electron chi connectivity index (χ0n) is 11.5. The second-order valence-electron chi connectivity index (χ2n) is 5.81. The fourth-order valence-electron chi connectivity index (χ4n) is 3.38. The molecule has 2 unspecified atom stereocenters. The van der Waals surface area contributed by atoms with Crippen molar-refractivity contribution in [3.63, 3.8) is 0 Å². The van der Waals surface area contributed by atoms with Gasteiger partial charge in [0.25, 0.3) is 5.91 Å². The highest BCUT2D eigenvalue weighted by atomic mass is 16.1. The number of hydrogen-bond donors (Lipinski definition) is 1. The van der Waals surface area contributed by atoms with Gasteiger partial charge in [0, 0.05) is 31.5 Å². The highest BCUT2D eigenvalue weighted by Crippen LogP contribution is 2.27. The fraction of sp³-hybridized carbons (Fsp3) is 0.400. The minimum absolute atomic E-state index is 0.0529. The van der Waals surface area contributed by atoms with Crippen molar-refractivity contribution in [2.75, 3.05) is 19.6 Å². The van der Waals surface area contributed by atoms with Crippen molar-refractivity contribution in [1.82, 2.24) is 19.6 Å². The number of fused-ring (bicyclic) bond motifs is 3. The Morgan fingerprint density at radius 1 is 1.38 bits per heavy atom. The summed E-state index contributed by atoms with van der Waals surface area (Å²) in [6.45, 7) is 3.23. The second kappa shape index (κ2) is 4.57. The van der Waals surface area contributed by atoms with Gasteiger partial charge in [0.05, 0.1) is 5.56 Å². The Morgan fingerprint density at radius 2 is 2.29 bits per heavy atom. The Balaban J connectivity index is 1.55. The van der Waals surface area contributed by atoms with Crippen LogP contribution in [0, 0.1) is 17.2 Å². The lowest BCUT2D eigenvalue weighted by molar-refractivity contribution is 0.0924. The van der Waals surface area contributed by atoms with Crippen molar-refractivity contribution in [2.45, 2.75) is 12.5 Å². The number of hydrogen-bond acceptors (Lipinski definition) is 4. The lowest BCUT2D eigenvalue weighted by Crippen LogP contribution is -2.43. The number of nitriles is 1. The second-order valence-corrected chi connectivity index (χ2v) is 5.81. The summed E-state index contributed by atoms with van der Waals surface area (Å²) in [6.07, 6.45) is 4.54. The van der Waals surface area contributed by atoms with E-state index in [0.29, 0.717) is 22.8 Å². The monoisotopic (exact) mass is 281 g/mol. The molecule has 2 bridgehead atoms. The van der Waals surface area contributed by atoms with Gasteiger partial charge in [-0.15, -0.1) is 0 Å². The average molecular weight is 281 g/mol. The molecule has 2 aliphatic rings. The molecule has 6 nitrogen and oxygen atoms in total. The van der Waals surface area contributed by atoms with E-state index in [1.54, 1.807) is 28.9 Å². The van der Waals surface area contributed by atoms with Gasteiger partial charge in [-0.3, -0.25) is 4.79 Å². The molecular weight excluding hydrogens is 266 g/mol. The number of aromatic nitrogens is 2. The first-order valence-corrected chi connectivity index (χ1v) is 7.15. The van der Waals surface area contributed by atoms with Crippen LogP contribution >= 0.6 is 0 Å².